The highest BCUT2D eigenvalue weighted by Gasteiger charge is 2.38. The Kier molecular flexibility index (Phi) is 8.97. The fourth-order valence-corrected chi connectivity index (χ4v) is 4.36. The van der Waals surface area contributed by atoms with E-state index < -0.39 is 41.7 Å². The number of carboxylic acids is 1. The van der Waals surface area contributed by atoms with E-state index in [2.05, 4.69) is 20.5 Å². The van der Waals surface area contributed by atoms with Gasteiger partial charge in [0.2, 0.25) is 0 Å². The van der Waals surface area contributed by atoms with E-state index >= 15 is 0 Å². The van der Waals surface area contributed by atoms with E-state index in [-0.39, 0.29) is 11.1 Å². The van der Waals surface area contributed by atoms with Gasteiger partial charge in [0.15, 0.2) is 5.54 Å². The number of carboxylic acid groups (broad SMARTS) is 1. The average Bonchev–Trinajstić information content (AvgIpc) is 3.25. The summed E-state index contributed by atoms with van der Waals surface area (Å²) in [4.78, 5) is 38.0. The van der Waals surface area contributed by atoms with Gasteiger partial charge in [-0.05, 0) is 56.2 Å². The van der Waals surface area contributed by atoms with Crippen molar-refractivity contribution in [3.05, 3.63) is 101 Å². The second-order valence-electron chi connectivity index (χ2n) is 10.0. The predicted molar refractivity (Wildman–Crippen MR) is 154 cm³/mol. The van der Waals surface area contributed by atoms with Crippen molar-refractivity contribution < 1.29 is 42.1 Å². The van der Waals surface area contributed by atoms with Crippen molar-refractivity contribution in [1.82, 2.24) is 15.1 Å². The highest BCUT2D eigenvalue weighted by Crippen LogP contribution is 2.31. The molecule has 1 aromatic heterocycles. The van der Waals surface area contributed by atoms with Crippen LogP contribution in [0.4, 0.5) is 23.7 Å². The quantitative estimate of drug-likeness (QED) is 0.202. The molecule has 3 N–H and O–H groups in total. The van der Waals surface area contributed by atoms with Gasteiger partial charge in [-0.1, -0.05) is 54.6 Å². The van der Waals surface area contributed by atoms with Gasteiger partial charge < -0.3 is 19.9 Å². The van der Waals surface area contributed by atoms with Crippen molar-refractivity contribution in [2.75, 3.05) is 5.32 Å². The Morgan fingerprint density at radius 2 is 1.57 bits per heavy atom. The molecule has 2 unspecified atom stereocenters. The molecule has 230 valence electrons. The number of rotatable bonds is 9. The van der Waals surface area contributed by atoms with Gasteiger partial charge in [0, 0.05) is 18.2 Å². The lowest BCUT2D eigenvalue weighted by molar-refractivity contribution is -0.274. The zero-order valence-electron chi connectivity index (χ0n) is 24.1. The second kappa shape index (κ2) is 12.5. The van der Waals surface area contributed by atoms with Crippen molar-refractivity contribution >= 4 is 23.7 Å². The van der Waals surface area contributed by atoms with Crippen LogP contribution in [0.5, 0.6) is 5.75 Å². The zero-order chi connectivity index (χ0) is 32.2. The fourth-order valence-electron chi connectivity index (χ4n) is 4.36. The number of aliphatic carboxylic acids is 1. The number of hydrogen-bond acceptors (Lipinski definition) is 6. The molecule has 0 fully saturated rings. The number of nitrogens with one attached hydrogen (secondary N) is 2. The third kappa shape index (κ3) is 7.17. The first-order valence-electron chi connectivity index (χ1n) is 13.3. The maximum atomic E-state index is 13.1. The van der Waals surface area contributed by atoms with E-state index in [4.69, 9.17) is 4.74 Å². The van der Waals surface area contributed by atoms with Crippen LogP contribution in [0.3, 0.4) is 0 Å². The molecule has 4 rings (SSSR count). The molecule has 10 nitrogen and oxygen atoms in total. The number of carbonyl (C=O) groups excluding carboxylic acids is 2. The summed E-state index contributed by atoms with van der Waals surface area (Å²) in [6.07, 6.45) is -6.09. The molecule has 0 bridgehead atoms. The van der Waals surface area contributed by atoms with Gasteiger partial charge in [0.1, 0.15) is 17.5 Å². The van der Waals surface area contributed by atoms with Crippen LogP contribution in [-0.4, -0.2) is 39.2 Å². The van der Waals surface area contributed by atoms with Crippen LogP contribution in [-0.2, 0) is 22.1 Å². The van der Waals surface area contributed by atoms with E-state index in [1.165, 1.54) is 19.1 Å². The molecular weight excluding hydrogens is 581 g/mol. The van der Waals surface area contributed by atoms with Crippen LogP contribution in [0.15, 0.2) is 78.9 Å². The lowest BCUT2D eigenvalue weighted by Crippen LogP contribution is -2.49. The number of aromatic nitrogens is 2. The van der Waals surface area contributed by atoms with Crippen LogP contribution in [0.1, 0.15) is 47.1 Å². The standard InChI is InChI=1S/C31H29F3N4O6/c1-18-25(35-29(42)43-19(2)20-8-6-5-7-9-20)26(37-38(18)4)21-10-12-22(13-11-21)27(39)36-30(3,28(40)41)23-14-16-24(17-15-23)44-31(32,33)34/h5-17,19H,1-4H3,(H,35,42)(H,36,39)(H,40,41). The van der Waals surface area contributed by atoms with Crippen molar-refractivity contribution in [2.45, 2.75) is 38.8 Å². The number of carbonyl (C=O) groups is 3. The molecule has 2 atom stereocenters. The molecule has 0 saturated carbocycles. The number of ether oxygens (including phenoxy) is 2. The normalized spacial score (nSPS) is 13.3. The molecule has 0 aliphatic heterocycles. The average molecular weight is 611 g/mol. The fraction of sp³-hybridized carbons (Fsp3) is 0.226. The number of hydrogen-bond donors (Lipinski definition) is 3. The summed E-state index contributed by atoms with van der Waals surface area (Å²) in [6.45, 7) is 4.74. The molecule has 2 amide bonds. The topological polar surface area (TPSA) is 132 Å². The van der Waals surface area contributed by atoms with Crippen molar-refractivity contribution in [3.63, 3.8) is 0 Å². The minimum absolute atomic E-state index is 0.0256. The monoisotopic (exact) mass is 610 g/mol. The number of anilines is 1. The maximum Gasteiger partial charge on any atom is 0.573 e. The van der Waals surface area contributed by atoms with Crippen molar-refractivity contribution in [2.24, 2.45) is 7.05 Å². The Labute approximate surface area is 250 Å². The number of nitrogens with zero attached hydrogens (tertiary/aromatic N) is 2. The second-order valence-corrected chi connectivity index (χ2v) is 10.0. The van der Waals surface area contributed by atoms with Gasteiger partial charge in [0.25, 0.3) is 5.91 Å². The third-order valence-electron chi connectivity index (χ3n) is 6.99. The number of aryl methyl sites for hydroxylation is 1. The Morgan fingerprint density at radius 1 is 0.955 bits per heavy atom. The molecule has 0 aliphatic rings. The Morgan fingerprint density at radius 3 is 2.14 bits per heavy atom. The molecular formula is C31H29F3N4O6. The number of halogens is 3. The maximum absolute atomic E-state index is 13.1. The number of benzene rings is 3. The van der Waals surface area contributed by atoms with Crippen LogP contribution in [0.25, 0.3) is 11.3 Å². The van der Waals surface area contributed by atoms with Crippen molar-refractivity contribution in [1.29, 1.82) is 0 Å². The first-order chi connectivity index (χ1) is 20.7. The number of amides is 2. The summed E-state index contributed by atoms with van der Waals surface area (Å²) >= 11 is 0. The molecule has 4 aromatic rings. The molecule has 0 saturated heterocycles. The van der Waals surface area contributed by atoms with Gasteiger partial charge in [-0.15, -0.1) is 13.2 Å². The molecule has 0 radical (unpaired) electrons. The molecule has 44 heavy (non-hydrogen) atoms. The van der Waals surface area contributed by atoms with Crippen LogP contribution in [0.2, 0.25) is 0 Å². The minimum atomic E-state index is -4.91. The Hall–Kier alpha value is -5.33. The molecule has 0 spiro atoms. The minimum Gasteiger partial charge on any atom is -0.479 e. The molecule has 13 heteroatoms. The lowest BCUT2D eigenvalue weighted by Gasteiger charge is -2.27. The van der Waals surface area contributed by atoms with Crippen LogP contribution >= 0.6 is 0 Å². The number of alkyl halides is 3. The summed E-state index contributed by atoms with van der Waals surface area (Å²) in [5.74, 6) is -2.71. The first kappa shape index (κ1) is 31.6. The van der Waals surface area contributed by atoms with E-state index in [1.807, 2.05) is 30.3 Å². The summed E-state index contributed by atoms with van der Waals surface area (Å²) in [5, 5.41) is 19.6. The molecule has 1 heterocycles. The van der Waals surface area contributed by atoms with E-state index in [0.717, 1.165) is 29.8 Å². The van der Waals surface area contributed by atoms with E-state index in [1.54, 1.807) is 37.7 Å². The van der Waals surface area contributed by atoms with Crippen LogP contribution < -0.4 is 15.4 Å². The SMILES string of the molecule is Cc1c(NC(=O)OC(C)c2ccccc2)c(-c2ccc(C(=O)NC(C)(C(=O)O)c3ccc(OC(F)(F)F)cc3)cc2)nn1C. The summed E-state index contributed by atoms with van der Waals surface area (Å²) < 4.78 is 48.4. The van der Waals surface area contributed by atoms with Gasteiger partial charge in [-0.25, -0.2) is 9.59 Å². The Balaban J connectivity index is 1.51. The summed E-state index contributed by atoms with van der Waals surface area (Å²) in [7, 11) is 1.71. The lowest BCUT2D eigenvalue weighted by atomic mass is 9.91. The smallest absolute Gasteiger partial charge is 0.479 e. The van der Waals surface area contributed by atoms with Crippen LogP contribution in [0, 0.1) is 6.92 Å². The highest BCUT2D eigenvalue weighted by molar-refractivity contribution is 5.99. The molecule has 0 aliphatic carbocycles. The largest absolute Gasteiger partial charge is 0.573 e. The van der Waals surface area contributed by atoms with Crippen molar-refractivity contribution in [3.8, 4) is 17.0 Å². The van der Waals surface area contributed by atoms with E-state index in [0.29, 0.717) is 22.6 Å². The van der Waals surface area contributed by atoms with Gasteiger partial charge >= 0.3 is 18.4 Å². The third-order valence-corrected chi connectivity index (χ3v) is 6.99. The summed E-state index contributed by atoms with van der Waals surface area (Å²) in [6, 6.07) is 19.5. The van der Waals surface area contributed by atoms with E-state index in [9.17, 15) is 32.7 Å². The summed E-state index contributed by atoms with van der Waals surface area (Å²) in [5.41, 5.74) is 1.01. The Bertz CT molecular complexity index is 1650. The van der Waals surface area contributed by atoms with Gasteiger partial charge in [0.05, 0.1) is 11.4 Å². The highest BCUT2D eigenvalue weighted by atomic mass is 19.4. The van der Waals surface area contributed by atoms with Gasteiger partial charge in [-0.3, -0.25) is 14.8 Å². The van der Waals surface area contributed by atoms with Gasteiger partial charge in [-0.2, -0.15) is 5.10 Å². The zero-order valence-corrected chi connectivity index (χ0v) is 24.1. The first-order valence-corrected chi connectivity index (χ1v) is 13.3. The predicted octanol–water partition coefficient (Wildman–Crippen LogP) is 6.33. The molecule has 3 aromatic carbocycles.